The molecule has 0 saturated heterocycles. The molecule has 0 rings (SSSR count). The average molecular weight is 246 g/mol. The van der Waals surface area contributed by atoms with E-state index in [1.807, 2.05) is 0 Å². The largest absolute Gasteiger partial charge is 0.460 e. The number of carbonyl (C=O) groups is 1. The molecule has 102 valence electrons. The molecule has 0 spiro atoms. The Morgan fingerprint density at radius 1 is 1.29 bits per heavy atom. The maximum Gasteiger partial charge on any atom is 0.306 e. The lowest BCUT2D eigenvalue weighted by Gasteiger charge is -2.14. The van der Waals surface area contributed by atoms with Crippen molar-refractivity contribution >= 4 is 5.97 Å². The summed E-state index contributed by atoms with van der Waals surface area (Å²) in [5.41, 5.74) is 10.8. The molecular formula is C12H26N2O3. The van der Waals surface area contributed by atoms with Crippen molar-refractivity contribution in [2.45, 2.75) is 45.1 Å². The molecule has 0 radical (unpaired) electrons. The van der Waals surface area contributed by atoms with Gasteiger partial charge in [-0.3, -0.25) is 4.79 Å². The van der Waals surface area contributed by atoms with Crippen molar-refractivity contribution < 1.29 is 14.6 Å². The summed E-state index contributed by atoms with van der Waals surface area (Å²) >= 11 is 0. The average Bonchev–Trinajstić information content (AvgIpc) is 2.36. The molecule has 5 nitrogen and oxygen atoms in total. The molecule has 0 aliphatic carbocycles. The van der Waals surface area contributed by atoms with Crippen LogP contribution in [0.3, 0.4) is 0 Å². The van der Waals surface area contributed by atoms with E-state index in [-0.39, 0.29) is 31.8 Å². The van der Waals surface area contributed by atoms with Gasteiger partial charge >= 0.3 is 5.97 Å². The molecule has 0 fully saturated rings. The zero-order valence-corrected chi connectivity index (χ0v) is 10.7. The number of aliphatic hydroxyl groups is 1. The quantitative estimate of drug-likeness (QED) is 0.383. The minimum absolute atomic E-state index is 0.226. The second-order valence-electron chi connectivity index (χ2n) is 4.29. The summed E-state index contributed by atoms with van der Waals surface area (Å²) in [6, 6.07) is 0. The first-order valence-electron chi connectivity index (χ1n) is 6.38. The third kappa shape index (κ3) is 8.12. The van der Waals surface area contributed by atoms with Gasteiger partial charge in [0.15, 0.2) is 0 Å². The van der Waals surface area contributed by atoms with E-state index < -0.39 is 0 Å². The molecule has 5 heteroatoms. The molecule has 0 amide bonds. The van der Waals surface area contributed by atoms with Gasteiger partial charge in [0.1, 0.15) is 6.10 Å². The fourth-order valence-electron chi connectivity index (χ4n) is 1.56. The fraction of sp³-hybridized carbons (Fsp3) is 0.917. The number of ether oxygens (including phenoxy) is 1. The lowest BCUT2D eigenvalue weighted by atomic mass is 10.00. The van der Waals surface area contributed by atoms with Crippen molar-refractivity contribution in [2.24, 2.45) is 17.4 Å². The Bertz CT molecular complexity index is 192. The Balaban J connectivity index is 3.57. The third-order valence-electron chi connectivity index (χ3n) is 2.90. The lowest BCUT2D eigenvalue weighted by Crippen LogP contribution is -2.33. The van der Waals surface area contributed by atoms with E-state index in [4.69, 9.17) is 21.3 Å². The third-order valence-corrected chi connectivity index (χ3v) is 2.90. The second-order valence-corrected chi connectivity index (χ2v) is 4.29. The van der Waals surface area contributed by atoms with E-state index in [1.54, 1.807) is 0 Å². The minimum atomic E-state index is -0.358. The van der Waals surface area contributed by atoms with Gasteiger partial charge in [0.2, 0.25) is 0 Å². The summed E-state index contributed by atoms with van der Waals surface area (Å²) < 4.78 is 5.07. The van der Waals surface area contributed by atoms with Crippen LogP contribution in [0.4, 0.5) is 0 Å². The highest BCUT2D eigenvalue weighted by molar-refractivity contribution is 5.69. The summed E-state index contributed by atoms with van der Waals surface area (Å²) in [4.78, 5) is 11.4. The normalized spacial score (nSPS) is 12.8. The summed E-state index contributed by atoms with van der Waals surface area (Å²) in [7, 11) is 0. The first-order valence-corrected chi connectivity index (χ1v) is 6.38. The predicted molar refractivity (Wildman–Crippen MR) is 67.3 cm³/mol. The topological polar surface area (TPSA) is 98.6 Å². The highest BCUT2D eigenvalue weighted by Gasteiger charge is 2.11. The molecular weight excluding hydrogens is 220 g/mol. The van der Waals surface area contributed by atoms with E-state index in [1.165, 1.54) is 0 Å². The zero-order valence-electron chi connectivity index (χ0n) is 10.7. The van der Waals surface area contributed by atoms with Gasteiger partial charge in [0.05, 0.1) is 0 Å². The molecule has 0 saturated carbocycles. The van der Waals surface area contributed by atoms with Crippen LogP contribution in [-0.2, 0) is 9.53 Å². The van der Waals surface area contributed by atoms with Crippen LogP contribution in [0.2, 0.25) is 0 Å². The number of hydrogen-bond donors (Lipinski definition) is 3. The Morgan fingerprint density at radius 2 is 1.94 bits per heavy atom. The van der Waals surface area contributed by atoms with Crippen LogP contribution in [0.15, 0.2) is 0 Å². The van der Waals surface area contributed by atoms with Gasteiger partial charge in [-0.25, -0.2) is 0 Å². The number of carbonyl (C=O) groups excluding carboxylic acids is 1. The molecule has 0 aliphatic heterocycles. The van der Waals surface area contributed by atoms with Crippen molar-refractivity contribution in [3.63, 3.8) is 0 Å². The zero-order chi connectivity index (χ0) is 13.1. The predicted octanol–water partition coefficient (Wildman–Crippen LogP) is 0.395. The molecule has 5 N–H and O–H groups in total. The number of esters is 1. The van der Waals surface area contributed by atoms with E-state index in [9.17, 15) is 4.79 Å². The summed E-state index contributed by atoms with van der Waals surface area (Å²) in [6.07, 6.45) is 3.70. The van der Waals surface area contributed by atoms with Crippen molar-refractivity contribution in [1.29, 1.82) is 0 Å². The van der Waals surface area contributed by atoms with Crippen molar-refractivity contribution in [1.82, 2.24) is 0 Å². The van der Waals surface area contributed by atoms with Crippen LogP contribution < -0.4 is 11.5 Å². The van der Waals surface area contributed by atoms with Gasteiger partial charge in [-0.1, -0.05) is 19.8 Å². The van der Waals surface area contributed by atoms with Gasteiger partial charge in [-0.05, 0) is 18.8 Å². The molecule has 1 atom stereocenters. The molecule has 0 heterocycles. The first kappa shape index (κ1) is 16.4. The molecule has 0 aromatic rings. The lowest BCUT2D eigenvalue weighted by molar-refractivity contribution is -0.148. The standard InChI is InChI=1S/C12H26N2O3/c1-2-10(9-15)5-3-4-6-12(16)17-11(7-13)8-14/h10-11,15H,2-9,13-14H2,1H3. The molecule has 0 aromatic heterocycles. The molecule has 1 unspecified atom stereocenters. The first-order chi connectivity index (χ1) is 8.17. The highest BCUT2D eigenvalue weighted by atomic mass is 16.5. The number of unbranched alkanes of at least 4 members (excludes halogenated alkanes) is 1. The molecule has 17 heavy (non-hydrogen) atoms. The molecule has 0 aliphatic rings. The van der Waals surface area contributed by atoms with E-state index in [2.05, 4.69) is 6.92 Å². The minimum Gasteiger partial charge on any atom is -0.460 e. The molecule has 0 aromatic carbocycles. The smallest absolute Gasteiger partial charge is 0.306 e. The Labute approximate surface area is 104 Å². The van der Waals surface area contributed by atoms with Gasteiger partial charge in [0, 0.05) is 26.1 Å². The fourth-order valence-corrected chi connectivity index (χ4v) is 1.56. The number of nitrogens with two attached hydrogens (primary N) is 2. The number of hydrogen-bond acceptors (Lipinski definition) is 5. The number of rotatable bonds is 10. The van der Waals surface area contributed by atoms with Crippen molar-refractivity contribution in [3.8, 4) is 0 Å². The van der Waals surface area contributed by atoms with Gasteiger partial charge in [-0.2, -0.15) is 0 Å². The van der Waals surface area contributed by atoms with E-state index in [0.29, 0.717) is 12.3 Å². The Kier molecular flexibility index (Phi) is 10.1. The Hall–Kier alpha value is -0.650. The van der Waals surface area contributed by atoms with Crippen LogP contribution >= 0.6 is 0 Å². The Morgan fingerprint density at radius 3 is 2.41 bits per heavy atom. The summed E-state index contributed by atoms with van der Waals surface area (Å²) in [5, 5.41) is 9.00. The van der Waals surface area contributed by atoms with Gasteiger partial charge < -0.3 is 21.3 Å². The maximum atomic E-state index is 11.4. The van der Waals surface area contributed by atoms with Crippen LogP contribution in [0.1, 0.15) is 39.0 Å². The molecule has 0 bridgehead atoms. The second kappa shape index (κ2) is 10.5. The maximum absolute atomic E-state index is 11.4. The van der Waals surface area contributed by atoms with E-state index >= 15 is 0 Å². The van der Waals surface area contributed by atoms with Crippen molar-refractivity contribution in [2.75, 3.05) is 19.7 Å². The number of aliphatic hydroxyl groups excluding tert-OH is 1. The van der Waals surface area contributed by atoms with Crippen LogP contribution in [0.25, 0.3) is 0 Å². The monoisotopic (exact) mass is 246 g/mol. The van der Waals surface area contributed by atoms with Crippen LogP contribution in [0, 0.1) is 5.92 Å². The van der Waals surface area contributed by atoms with Crippen LogP contribution in [-0.4, -0.2) is 36.9 Å². The van der Waals surface area contributed by atoms with Crippen molar-refractivity contribution in [3.05, 3.63) is 0 Å². The highest BCUT2D eigenvalue weighted by Crippen LogP contribution is 2.13. The van der Waals surface area contributed by atoms with Gasteiger partial charge in [-0.15, -0.1) is 0 Å². The van der Waals surface area contributed by atoms with Gasteiger partial charge in [0.25, 0.3) is 0 Å². The van der Waals surface area contributed by atoms with Crippen LogP contribution in [0.5, 0.6) is 0 Å². The van der Waals surface area contributed by atoms with E-state index in [0.717, 1.165) is 25.7 Å². The summed E-state index contributed by atoms with van der Waals surface area (Å²) in [6.45, 7) is 2.82. The SMILES string of the molecule is CCC(CO)CCCCC(=O)OC(CN)CN. The summed E-state index contributed by atoms with van der Waals surface area (Å²) in [5.74, 6) is 0.120.